The van der Waals surface area contributed by atoms with E-state index in [9.17, 15) is 19.1 Å². The van der Waals surface area contributed by atoms with Crippen LogP contribution in [-0.2, 0) is 17.8 Å². The van der Waals surface area contributed by atoms with Crippen molar-refractivity contribution in [2.75, 3.05) is 0 Å². The van der Waals surface area contributed by atoms with Gasteiger partial charge in [0.25, 0.3) is 5.56 Å². The van der Waals surface area contributed by atoms with E-state index in [4.69, 9.17) is 0 Å². The van der Waals surface area contributed by atoms with Gasteiger partial charge in [0.15, 0.2) is 0 Å². The van der Waals surface area contributed by atoms with E-state index in [0.29, 0.717) is 18.4 Å². The van der Waals surface area contributed by atoms with E-state index in [2.05, 4.69) is 5.10 Å². The number of fused-ring (bicyclic) bond motifs is 2. The van der Waals surface area contributed by atoms with Gasteiger partial charge >= 0.3 is 0 Å². The molecular weight excluding hydrogens is 373 g/mol. The van der Waals surface area contributed by atoms with Crippen LogP contribution >= 0.6 is 0 Å². The Hall–Kier alpha value is -2.54. The molecule has 6 nitrogen and oxygen atoms in total. The normalized spacial score (nSPS) is 26.4. The Morgan fingerprint density at radius 1 is 1.24 bits per heavy atom. The maximum absolute atomic E-state index is 13.5. The molecule has 0 radical (unpaired) electrons. The maximum Gasteiger partial charge on any atom is 0.266 e. The zero-order valence-corrected chi connectivity index (χ0v) is 16.6. The number of rotatable bonds is 4. The second-order valence-corrected chi connectivity index (χ2v) is 8.45. The predicted molar refractivity (Wildman–Crippen MR) is 106 cm³/mol. The number of aliphatic hydroxyl groups is 1. The number of halogens is 1. The molecule has 0 saturated carbocycles. The molecule has 4 rings (SSSR count). The SMILES string of the molecule is Cc1ccc(=O)n(CC2(O)CC3CCCC(C2)N3C(=O)Cc2cccc(F)c2)n1. The van der Waals surface area contributed by atoms with E-state index in [0.717, 1.165) is 25.0 Å². The Morgan fingerprint density at radius 3 is 2.66 bits per heavy atom. The standard InChI is InChI=1S/C22H26FN3O3/c1-15-8-9-20(27)25(24-15)14-22(29)12-18-6-3-7-19(13-22)26(18)21(28)11-16-4-2-5-17(23)10-16/h2,4-5,8-10,18-19,29H,3,6-7,11-14H2,1H3. The second kappa shape index (κ2) is 7.71. The Labute approximate surface area is 169 Å². The molecule has 2 fully saturated rings. The van der Waals surface area contributed by atoms with Crippen LogP contribution in [0.3, 0.4) is 0 Å². The highest BCUT2D eigenvalue weighted by atomic mass is 19.1. The van der Waals surface area contributed by atoms with Gasteiger partial charge in [0.1, 0.15) is 5.82 Å². The highest BCUT2D eigenvalue weighted by molar-refractivity contribution is 5.79. The van der Waals surface area contributed by atoms with Crippen molar-refractivity contribution in [3.63, 3.8) is 0 Å². The lowest BCUT2D eigenvalue weighted by Gasteiger charge is -2.52. The summed E-state index contributed by atoms with van der Waals surface area (Å²) in [5.74, 6) is -0.377. The van der Waals surface area contributed by atoms with Gasteiger partial charge in [0.2, 0.25) is 5.91 Å². The summed E-state index contributed by atoms with van der Waals surface area (Å²) < 4.78 is 14.8. The highest BCUT2D eigenvalue weighted by Crippen LogP contribution is 2.40. The first-order chi connectivity index (χ1) is 13.8. The minimum atomic E-state index is -1.07. The van der Waals surface area contributed by atoms with Crippen molar-refractivity contribution in [2.45, 2.75) is 69.7 Å². The van der Waals surface area contributed by atoms with Gasteiger partial charge in [-0.25, -0.2) is 9.07 Å². The molecule has 0 spiro atoms. The molecule has 2 unspecified atom stereocenters. The molecule has 1 aromatic heterocycles. The smallest absolute Gasteiger partial charge is 0.266 e. The summed E-state index contributed by atoms with van der Waals surface area (Å²) in [6.07, 6.45) is 3.65. The topological polar surface area (TPSA) is 75.4 Å². The number of aryl methyl sites for hydroxylation is 1. The second-order valence-electron chi connectivity index (χ2n) is 8.45. The van der Waals surface area contributed by atoms with Crippen LogP contribution in [0.5, 0.6) is 0 Å². The zero-order valence-electron chi connectivity index (χ0n) is 16.6. The lowest BCUT2D eigenvalue weighted by atomic mass is 9.75. The van der Waals surface area contributed by atoms with E-state index in [1.165, 1.54) is 22.9 Å². The van der Waals surface area contributed by atoms with Crippen LogP contribution in [0.25, 0.3) is 0 Å². The molecule has 2 bridgehead atoms. The number of hydrogen-bond acceptors (Lipinski definition) is 4. The van der Waals surface area contributed by atoms with Crippen LogP contribution in [0, 0.1) is 12.7 Å². The van der Waals surface area contributed by atoms with E-state index in [1.54, 1.807) is 18.2 Å². The Kier molecular flexibility index (Phi) is 5.25. The third kappa shape index (κ3) is 4.24. The fourth-order valence-corrected chi connectivity index (χ4v) is 4.92. The number of carbonyl (C=O) groups is 1. The van der Waals surface area contributed by atoms with E-state index in [1.807, 2.05) is 11.8 Å². The van der Waals surface area contributed by atoms with Crippen LogP contribution < -0.4 is 5.56 Å². The summed E-state index contributed by atoms with van der Waals surface area (Å²) in [4.78, 5) is 27.0. The van der Waals surface area contributed by atoms with Crippen molar-refractivity contribution in [1.29, 1.82) is 0 Å². The van der Waals surface area contributed by atoms with Crippen molar-refractivity contribution in [2.24, 2.45) is 0 Å². The molecule has 2 aromatic rings. The molecular formula is C22H26FN3O3. The summed E-state index contributed by atoms with van der Waals surface area (Å²) in [5.41, 5.74) is 0.0649. The van der Waals surface area contributed by atoms with E-state index >= 15 is 0 Å². The van der Waals surface area contributed by atoms with Crippen molar-refractivity contribution in [3.8, 4) is 0 Å². The Bertz CT molecular complexity index is 960. The van der Waals surface area contributed by atoms with Crippen LogP contribution in [0.2, 0.25) is 0 Å². The molecule has 2 atom stereocenters. The summed E-state index contributed by atoms with van der Waals surface area (Å²) in [7, 11) is 0. The third-order valence-electron chi connectivity index (χ3n) is 6.07. The van der Waals surface area contributed by atoms with Gasteiger partial charge in [0.05, 0.1) is 24.3 Å². The minimum Gasteiger partial charge on any atom is -0.388 e. The molecule has 7 heteroatoms. The minimum absolute atomic E-state index is 0.0294. The summed E-state index contributed by atoms with van der Waals surface area (Å²) in [6.45, 7) is 1.94. The van der Waals surface area contributed by atoms with Gasteiger partial charge in [0, 0.05) is 18.2 Å². The molecule has 3 heterocycles. The first-order valence-electron chi connectivity index (χ1n) is 10.2. The number of amides is 1. The molecule has 2 aliphatic heterocycles. The predicted octanol–water partition coefficient (Wildman–Crippen LogP) is 2.21. The van der Waals surface area contributed by atoms with E-state index < -0.39 is 5.60 Å². The first kappa shape index (κ1) is 19.8. The van der Waals surface area contributed by atoms with E-state index in [-0.39, 0.29) is 42.3 Å². The van der Waals surface area contributed by atoms with Crippen LogP contribution in [0.15, 0.2) is 41.2 Å². The number of nitrogens with zero attached hydrogens (tertiary/aromatic N) is 3. The Balaban J connectivity index is 1.52. The lowest BCUT2D eigenvalue weighted by Crippen LogP contribution is -2.61. The van der Waals surface area contributed by atoms with Crippen LogP contribution in [-0.4, -0.2) is 43.4 Å². The molecule has 1 aromatic carbocycles. The molecule has 29 heavy (non-hydrogen) atoms. The van der Waals surface area contributed by atoms with Crippen molar-refractivity contribution >= 4 is 5.91 Å². The number of hydrogen-bond donors (Lipinski definition) is 1. The quantitative estimate of drug-likeness (QED) is 0.855. The third-order valence-corrected chi connectivity index (χ3v) is 6.07. The van der Waals surface area contributed by atoms with Crippen LogP contribution in [0.1, 0.15) is 43.4 Å². The van der Waals surface area contributed by atoms with Crippen LogP contribution in [0.4, 0.5) is 4.39 Å². The number of piperidine rings is 2. The van der Waals surface area contributed by atoms with Crippen molar-refractivity contribution in [1.82, 2.24) is 14.7 Å². The number of benzene rings is 1. The maximum atomic E-state index is 13.5. The molecule has 154 valence electrons. The largest absolute Gasteiger partial charge is 0.388 e. The van der Waals surface area contributed by atoms with Gasteiger partial charge in [-0.3, -0.25) is 9.59 Å². The van der Waals surface area contributed by atoms with Gasteiger partial charge in [-0.1, -0.05) is 12.1 Å². The van der Waals surface area contributed by atoms with Gasteiger partial charge in [-0.05, 0) is 62.8 Å². The molecule has 2 saturated heterocycles. The zero-order chi connectivity index (χ0) is 20.6. The van der Waals surface area contributed by atoms with Gasteiger partial charge in [-0.2, -0.15) is 5.10 Å². The molecule has 2 aliphatic rings. The lowest BCUT2D eigenvalue weighted by molar-refractivity contribution is -0.152. The highest BCUT2D eigenvalue weighted by Gasteiger charge is 2.47. The average molecular weight is 399 g/mol. The van der Waals surface area contributed by atoms with Gasteiger partial charge in [-0.15, -0.1) is 0 Å². The summed E-state index contributed by atoms with van der Waals surface area (Å²) >= 11 is 0. The molecule has 0 aliphatic carbocycles. The fraction of sp³-hybridized carbons (Fsp3) is 0.500. The molecule has 1 amide bonds. The summed E-state index contributed by atoms with van der Waals surface area (Å²) in [6, 6.07) is 9.10. The number of carbonyl (C=O) groups excluding carboxylic acids is 1. The summed E-state index contributed by atoms with van der Waals surface area (Å²) in [5, 5.41) is 15.5. The molecule has 1 N–H and O–H groups in total. The fourth-order valence-electron chi connectivity index (χ4n) is 4.92. The average Bonchev–Trinajstić information content (AvgIpc) is 2.64. The first-order valence-corrected chi connectivity index (χ1v) is 10.2. The monoisotopic (exact) mass is 399 g/mol. The number of aromatic nitrogens is 2. The van der Waals surface area contributed by atoms with Crippen molar-refractivity contribution in [3.05, 3.63) is 63.8 Å². The van der Waals surface area contributed by atoms with Crippen molar-refractivity contribution < 1.29 is 14.3 Å². The Morgan fingerprint density at radius 2 is 1.97 bits per heavy atom. The van der Waals surface area contributed by atoms with Gasteiger partial charge < -0.3 is 10.0 Å².